The number of aromatic hydroxyl groups is 2. The number of hydrogen-bond donors (Lipinski definition) is 2. The van der Waals surface area contributed by atoms with Gasteiger partial charge in [-0.2, -0.15) is 0 Å². The molecule has 4 nitrogen and oxygen atoms in total. The first-order chi connectivity index (χ1) is 14.8. The first-order valence-electron chi connectivity index (χ1n) is 10.8. The van der Waals surface area contributed by atoms with Crippen molar-refractivity contribution in [3.8, 4) is 11.5 Å². The molecule has 2 heterocycles. The van der Waals surface area contributed by atoms with E-state index >= 15 is 0 Å². The van der Waals surface area contributed by atoms with Crippen LogP contribution in [-0.2, 0) is 0 Å². The standard InChI is InChI=1S/2C9H7NO.2C5H12/c2*11-8-5-1-3-7-4-2-6-10-9(7)8;2*1-5(2,3)4/h2*1-6,11H;2*1-4H3. The minimum absolute atomic E-state index is 0.239. The normalized spacial score (nSPS) is 10.8. The van der Waals surface area contributed by atoms with E-state index in [4.69, 9.17) is 0 Å². The van der Waals surface area contributed by atoms with E-state index in [0.29, 0.717) is 21.9 Å². The monoisotopic (exact) mass is 434 g/mol. The van der Waals surface area contributed by atoms with Crippen LogP contribution in [0.4, 0.5) is 0 Å². The number of hydrogen-bond acceptors (Lipinski definition) is 4. The number of pyridine rings is 2. The Morgan fingerprint density at radius 1 is 0.500 bits per heavy atom. The van der Waals surface area contributed by atoms with Crippen LogP contribution in [0.2, 0.25) is 0 Å². The van der Waals surface area contributed by atoms with Crippen molar-refractivity contribution >= 4 is 21.8 Å². The lowest BCUT2D eigenvalue weighted by molar-refractivity contribution is 0.469. The van der Waals surface area contributed by atoms with E-state index in [9.17, 15) is 10.2 Å². The van der Waals surface area contributed by atoms with Crippen molar-refractivity contribution in [2.24, 2.45) is 10.8 Å². The third kappa shape index (κ3) is 11.9. The molecule has 2 aromatic heterocycles. The zero-order valence-corrected chi connectivity index (χ0v) is 20.7. The first kappa shape index (κ1) is 26.9. The van der Waals surface area contributed by atoms with Crippen LogP contribution in [0.15, 0.2) is 73.1 Å². The zero-order chi connectivity index (χ0) is 24.4. The van der Waals surface area contributed by atoms with E-state index in [0.717, 1.165) is 10.8 Å². The number of aromatic nitrogens is 2. The van der Waals surface area contributed by atoms with Crippen molar-refractivity contribution in [1.82, 2.24) is 9.97 Å². The highest BCUT2D eigenvalue weighted by Crippen LogP contribution is 2.21. The Balaban J connectivity index is 0.000000230. The van der Waals surface area contributed by atoms with Gasteiger partial charge in [0, 0.05) is 23.2 Å². The second-order valence-electron chi connectivity index (χ2n) is 10.7. The van der Waals surface area contributed by atoms with Crippen LogP contribution < -0.4 is 0 Å². The average molecular weight is 435 g/mol. The van der Waals surface area contributed by atoms with Crippen molar-refractivity contribution in [2.45, 2.75) is 55.4 Å². The molecule has 32 heavy (non-hydrogen) atoms. The molecule has 2 aromatic carbocycles. The molecule has 0 atom stereocenters. The fourth-order valence-electron chi connectivity index (χ4n) is 2.18. The summed E-state index contributed by atoms with van der Waals surface area (Å²) in [5.74, 6) is 0.478. The summed E-state index contributed by atoms with van der Waals surface area (Å²) < 4.78 is 0. The van der Waals surface area contributed by atoms with Crippen LogP contribution in [0.25, 0.3) is 21.8 Å². The second-order valence-corrected chi connectivity index (χ2v) is 10.7. The summed E-state index contributed by atoms with van der Waals surface area (Å²) in [5.41, 5.74) is 2.32. The van der Waals surface area contributed by atoms with Gasteiger partial charge in [0.05, 0.1) is 0 Å². The topological polar surface area (TPSA) is 66.2 Å². The fraction of sp³-hybridized carbons (Fsp3) is 0.357. The van der Waals surface area contributed by atoms with E-state index in [-0.39, 0.29) is 11.5 Å². The van der Waals surface area contributed by atoms with Crippen molar-refractivity contribution in [1.29, 1.82) is 0 Å². The molecule has 4 heteroatoms. The van der Waals surface area contributed by atoms with Crippen molar-refractivity contribution in [3.63, 3.8) is 0 Å². The molecule has 0 radical (unpaired) electrons. The molecular weight excluding hydrogens is 396 g/mol. The van der Waals surface area contributed by atoms with Crippen LogP contribution >= 0.6 is 0 Å². The Bertz CT molecular complexity index is 982. The molecule has 0 bridgehead atoms. The molecule has 0 aliphatic heterocycles. The Kier molecular flexibility index (Phi) is 10.1. The SMILES string of the molecule is CC(C)(C)C.CC(C)(C)C.Oc1cccc2cccnc12.Oc1cccc2cccnc12. The number of benzene rings is 2. The van der Waals surface area contributed by atoms with Gasteiger partial charge in [-0.15, -0.1) is 0 Å². The number of rotatable bonds is 0. The van der Waals surface area contributed by atoms with Gasteiger partial charge in [0.2, 0.25) is 0 Å². The van der Waals surface area contributed by atoms with E-state index in [1.54, 1.807) is 36.7 Å². The summed E-state index contributed by atoms with van der Waals surface area (Å²) in [6.07, 6.45) is 3.34. The number of phenols is 2. The van der Waals surface area contributed by atoms with E-state index < -0.39 is 0 Å². The third-order valence-electron chi connectivity index (χ3n) is 3.22. The van der Waals surface area contributed by atoms with Crippen LogP contribution in [0.1, 0.15) is 55.4 Å². The lowest BCUT2D eigenvalue weighted by Gasteiger charge is -2.05. The highest BCUT2D eigenvalue weighted by atomic mass is 16.3. The predicted octanol–water partition coefficient (Wildman–Crippen LogP) is 7.99. The Labute approximate surface area is 193 Å². The molecule has 4 rings (SSSR count). The molecular formula is C28H38N2O2. The van der Waals surface area contributed by atoms with Gasteiger partial charge in [-0.25, -0.2) is 0 Å². The molecule has 0 aliphatic carbocycles. The summed E-state index contributed by atoms with van der Waals surface area (Å²) in [4.78, 5) is 8.06. The minimum Gasteiger partial charge on any atom is -0.506 e. The Morgan fingerprint density at radius 3 is 1.06 bits per heavy atom. The maximum atomic E-state index is 9.31. The van der Waals surface area contributed by atoms with E-state index in [2.05, 4.69) is 65.4 Å². The molecule has 2 N–H and O–H groups in total. The van der Waals surface area contributed by atoms with Gasteiger partial charge in [-0.3, -0.25) is 9.97 Å². The van der Waals surface area contributed by atoms with E-state index in [1.165, 1.54) is 0 Å². The lowest BCUT2D eigenvalue weighted by atomic mass is 10.0. The lowest BCUT2D eigenvalue weighted by Crippen LogP contribution is -1.93. The smallest absolute Gasteiger partial charge is 0.141 e. The Hall–Kier alpha value is -3.14. The number of para-hydroxylation sites is 2. The molecule has 0 amide bonds. The maximum Gasteiger partial charge on any atom is 0.141 e. The second kappa shape index (κ2) is 12.0. The number of phenolic OH excluding ortho intramolecular Hbond substituents is 2. The highest BCUT2D eigenvalue weighted by Gasteiger charge is 1.98. The number of nitrogens with zero attached hydrogens (tertiary/aromatic N) is 2. The van der Waals surface area contributed by atoms with Gasteiger partial charge in [0.25, 0.3) is 0 Å². The molecule has 0 spiro atoms. The molecule has 0 fully saturated rings. The van der Waals surface area contributed by atoms with E-state index in [1.807, 2.05) is 36.4 Å². The summed E-state index contributed by atoms with van der Waals surface area (Å²) in [5, 5.41) is 20.5. The molecule has 172 valence electrons. The van der Waals surface area contributed by atoms with Gasteiger partial charge in [-0.05, 0) is 35.1 Å². The van der Waals surface area contributed by atoms with Gasteiger partial charge >= 0.3 is 0 Å². The highest BCUT2D eigenvalue weighted by molar-refractivity contribution is 5.84. The van der Waals surface area contributed by atoms with Gasteiger partial charge in [0.15, 0.2) is 0 Å². The number of fused-ring (bicyclic) bond motifs is 2. The first-order valence-corrected chi connectivity index (χ1v) is 10.8. The zero-order valence-electron chi connectivity index (χ0n) is 20.7. The van der Waals surface area contributed by atoms with Crippen LogP contribution in [0.3, 0.4) is 0 Å². The van der Waals surface area contributed by atoms with Gasteiger partial charge in [-0.1, -0.05) is 91.8 Å². The summed E-state index contributed by atoms with van der Waals surface area (Å²) in [6, 6.07) is 18.3. The predicted molar refractivity (Wildman–Crippen MR) is 137 cm³/mol. The summed E-state index contributed by atoms with van der Waals surface area (Å²) >= 11 is 0. The minimum atomic E-state index is 0.239. The largest absolute Gasteiger partial charge is 0.506 e. The molecule has 0 saturated carbocycles. The van der Waals surface area contributed by atoms with Crippen LogP contribution in [0, 0.1) is 10.8 Å². The van der Waals surface area contributed by atoms with Crippen LogP contribution in [-0.4, -0.2) is 20.2 Å². The van der Waals surface area contributed by atoms with Gasteiger partial charge in [0.1, 0.15) is 22.5 Å². The van der Waals surface area contributed by atoms with Crippen LogP contribution in [0.5, 0.6) is 11.5 Å². The average Bonchev–Trinajstić information content (AvgIpc) is 2.67. The third-order valence-corrected chi connectivity index (χ3v) is 3.22. The quantitative estimate of drug-likeness (QED) is 0.294. The molecule has 4 aromatic rings. The maximum absolute atomic E-state index is 9.31. The molecule has 0 aliphatic rings. The fourth-order valence-corrected chi connectivity index (χ4v) is 2.18. The van der Waals surface area contributed by atoms with Crippen molar-refractivity contribution in [3.05, 3.63) is 73.1 Å². The summed E-state index contributed by atoms with van der Waals surface area (Å²) in [7, 11) is 0. The van der Waals surface area contributed by atoms with Crippen molar-refractivity contribution < 1.29 is 10.2 Å². The van der Waals surface area contributed by atoms with Crippen molar-refractivity contribution in [2.75, 3.05) is 0 Å². The molecule has 0 saturated heterocycles. The Morgan fingerprint density at radius 2 is 0.781 bits per heavy atom. The summed E-state index contributed by atoms with van der Waals surface area (Å²) in [6.45, 7) is 17.5. The molecule has 0 unspecified atom stereocenters. The van der Waals surface area contributed by atoms with Gasteiger partial charge < -0.3 is 10.2 Å².